The highest BCUT2D eigenvalue weighted by molar-refractivity contribution is 7.14. The van der Waals surface area contributed by atoms with Gasteiger partial charge in [0.15, 0.2) is 0 Å². The molecular weight excluding hydrogens is 300 g/mol. The van der Waals surface area contributed by atoms with Crippen LogP contribution in [0, 0.1) is 6.92 Å². The van der Waals surface area contributed by atoms with Gasteiger partial charge in [-0.3, -0.25) is 4.79 Å². The zero-order valence-corrected chi connectivity index (χ0v) is 12.7. The van der Waals surface area contributed by atoms with E-state index < -0.39 is 5.97 Å². The lowest BCUT2D eigenvalue weighted by Gasteiger charge is -2.05. The van der Waals surface area contributed by atoms with Crippen LogP contribution in [0.5, 0.6) is 0 Å². The second-order valence-corrected chi connectivity index (χ2v) is 5.92. The number of carboxylic acids is 1. The maximum Gasteiger partial charge on any atom is 0.336 e. The maximum absolute atomic E-state index is 12.1. The highest BCUT2D eigenvalue weighted by Gasteiger charge is 2.11. The zero-order valence-electron chi connectivity index (χ0n) is 11.9. The largest absolute Gasteiger partial charge is 0.478 e. The molecule has 3 aromatic rings. The average Bonchev–Trinajstić information content (AvgIpc) is 3.06. The Morgan fingerprint density at radius 3 is 2.82 bits per heavy atom. The molecule has 6 heteroatoms. The summed E-state index contributed by atoms with van der Waals surface area (Å²) in [5, 5.41) is 14.8. The number of nitrogens with zero attached hydrogens (tertiary/aromatic N) is 1. The van der Waals surface area contributed by atoms with E-state index in [0.29, 0.717) is 5.00 Å². The predicted octanol–water partition coefficient (Wildman–Crippen LogP) is 3.35. The average molecular weight is 314 g/mol. The topological polar surface area (TPSA) is 71.3 Å². The third kappa shape index (κ3) is 2.73. The third-order valence-electron chi connectivity index (χ3n) is 3.41. The second kappa shape index (κ2) is 5.65. The number of carbonyl (C=O) groups excluding carboxylic acids is 1. The molecule has 0 fully saturated rings. The Balaban J connectivity index is 1.77. The van der Waals surface area contributed by atoms with Crippen LogP contribution >= 0.6 is 11.3 Å². The van der Waals surface area contributed by atoms with E-state index in [1.165, 1.54) is 22.8 Å². The number of anilines is 1. The first-order valence-corrected chi connectivity index (χ1v) is 7.58. The first-order valence-electron chi connectivity index (χ1n) is 6.71. The van der Waals surface area contributed by atoms with Crippen molar-refractivity contribution in [1.82, 2.24) is 4.57 Å². The number of aryl methyl sites for hydroxylation is 1. The molecule has 0 aliphatic carbocycles. The van der Waals surface area contributed by atoms with Crippen molar-refractivity contribution in [3.63, 3.8) is 0 Å². The molecule has 112 valence electrons. The molecule has 1 aromatic carbocycles. The van der Waals surface area contributed by atoms with Crippen molar-refractivity contribution >= 4 is 39.1 Å². The Morgan fingerprint density at radius 2 is 2.09 bits per heavy atom. The molecular formula is C16H14N2O3S. The van der Waals surface area contributed by atoms with Crippen LogP contribution < -0.4 is 5.32 Å². The molecule has 0 saturated carbocycles. The molecule has 1 amide bonds. The third-order valence-corrected chi connectivity index (χ3v) is 4.26. The quantitative estimate of drug-likeness (QED) is 0.776. The first-order chi connectivity index (χ1) is 10.5. The van der Waals surface area contributed by atoms with E-state index in [1.54, 1.807) is 0 Å². The number of para-hydroxylation sites is 1. The summed E-state index contributed by atoms with van der Waals surface area (Å²) in [5.74, 6) is -1.18. The molecule has 0 aliphatic rings. The Kier molecular flexibility index (Phi) is 3.68. The van der Waals surface area contributed by atoms with Gasteiger partial charge in [-0.1, -0.05) is 18.2 Å². The summed E-state index contributed by atoms with van der Waals surface area (Å²) < 4.78 is 1.89. The van der Waals surface area contributed by atoms with Crippen molar-refractivity contribution in [3.05, 3.63) is 53.0 Å². The van der Waals surface area contributed by atoms with Crippen molar-refractivity contribution in [2.75, 3.05) is 5.32 Å². The number of hydrogen-bond donors (Lipinski definition) is 2. The van der Waals surface area contributed by atoms with Gasteiger partial charge in [-0.15, -0.1) is 11.3 Å². The van der Waals surface area contributed by atoms with E-state index in [2.05, 4.69) is 5.32 Å². The van der Waals surface area contributed by atoms with Gasteiger partial charge < -0.3 is 15.0 Å². The molecule has 0 radical (unpaired) electrons. The van der Waals surface area contributed by atoms with E-state index in [9.17, 15) is 9.59 Å². The normalized spacial score (nSPS) is 10.8. The summed E-state index contributed by atoms with van der Waals surface area (Å²) >= 11 is 1.20. The van der Waals surface area contributed by atoms with Crippen LogP contribution in [0.25, 0.3) is 10.9 Å². The number of carbonyl (C=O) groups is 2. The Bertz CT molecular complexity index is 863. The number of thiophene rings is 1. The number of nitrogens with one attached hydrogen (secondary N) is 1. The van der Waals surface area contributed by atoms with Crippen LogP contribution in [0.2, 0.25) is 0 Å². The van der Waals surface area contributed by atoms with Crippen LogP contribution in [0.15, 0.2) is 41.9 Å². The van der Waals surface area contributed by atoms with Gasteiger partial charge in [0.1, 0.15) is 6.54 Å². The van der Waals surface area contributed by atoms with Gasteiger partial charge in [0.05, 0.1) is 10.6 Å². The van der Waals surface area contributed by atoms with E-state index in [0.717, 1.165) is 16.5 Å². The number of amides is 1. The standard InChI is InChI=1S/C16H14N2O3S/c1-10-7-18(13-5-3-2-4-12(10)13)8-14(19)17-15-6-11(9-22-15)16(20)21/h2-7,9H,8H2,1H3,(H,17,19)(H,20,21). The van der Waals surface area contributed by atoms with Crippen LogP contribution in [0.4, 0.5) is 5.00 Å². The van der Waals surface area contributed by atoms with Gasteiger partial charge in [-0.2, -0.15) is 0 Å². The minimum Gasteiger partial charge on any atom is -0.478 e. The van der Waals surface area contributed by atoms with Crippen molar-refractivity contribution in [2.45, 2.75) is 13.5 Å². The second-order valence-electron chi connectivity index (χ2n) is 5.01. The van der Waals surface area contributed by atoms with Crippen LogP contribution in [0.1, 0.15) is 15.9 Å². The molecule has 5 nitrogen and oxygen atoms in total. The lowest BCUT2D eigenvalue weighted by molar-refractivity contribution is -0.116. The summed E-state index contributed by atoms with van der Waals surface area (Å²) in [6, 6.07) is 9.37. The summed E-state index contributed by atoms with van der Waals surface area (Å²) in [4.78, 5) is 23.0. The highest BCUT2D eigenvalue weighted by atomic mass is 32.1. The summed E-state index contributed by atoms with van der Waals surface area (Å²) in [6.07, 6.45) is 1.95. The summed E-state index contributed by atoms with van der Waals surface area (Å²) in [7, 11) is 0. The fourth-order valence-corrected chi connectivity index (χ4v) is 3.20. The zero-order chi connectivity index (χ0) is 15.7. The van der Waals surface area contributed by atoms with Gasteiger partial charge in [-0.25, -0.2) is 4.79 Å². The maximum atomic E-state index is 12.1. The van der Waals surface area contributed by atoms with E-state index in [-0.39, 0.29) is 18.0 Å². The summed E-state index contributed by atoms with van der Waals surface area (Å²) in [6.45, 7) is 2.20. The monoisotopic (exact) mass is 314 g/mol. The van der Waals surface area contributed by atoms with Gasteiger partial charge in [0, 0.05) is 22.5 Å². The number of hydrogen-bond acceptors (Lipinski definition) is 3. The lowest BCUT2D eigenvalue weighted by atomic mass is 10.2. The Morgan fingerprint density at radius 1 is 1.32 bits per heavy atom. The molecule has 3 rings (SSSR count). The molecule has 0 atom stereocenters. The van der Waals surface area contributed by atoms with Crippen molar-refractivity contribution < 1.29 is 14.7 Å². The highest BCUT2D eigenvalue weighted by Crippen LogP contribution is 2.22. The molecule has 0 bridgehead atoms. The Hall–Kier alpha value is -2.60. The minimum absolute atomic E-state index is 0.181. The number of fused-ring (bicyclic) bond motifs is 1. The molecule has 0 saturated heterocycles. The van der Waals surface area contributed by atoms with Crippen LogP contribution in [-0.4, -0.2) is 21.6 Å². The first kappa shape index (κ1) is 14.3. The van der Waals surface area contributed by atoms with Crippen molar-refractivity contribution in [1.29, 1.82) is 0 Å². The molecule has 0 aliphatic heterocycles. The number of benzene rings is 1. The van der Waals surface area contributed by atoms with Crippen LogP contribution in [0.3, 0.4) is 0 Å². The molecule has 0 unspecified atom stereocenters. The molecule has 0 spiro atoms. The molecule has 2 heterocycles. The van der Waals surface area contributed by atoms with Gasteiger partial charge in [-0.05, 0) is 24.6 Å². The van der Waals surface area contributed by atoms with E-state index >= 15 is 0 Å². The van der Waals surface area contributed by atoms with Crippen LogP contribution in [-0.2, 0) is 11.3 Å². The molecule has 22 heavy (non-hydrogen) atoms. The van der Waals surface area contributed by atoms with Gasteiger partial charge >= 0.3 is 5.97 Å². The number of aromatic carboxylic acids is 1. The SMILES string of the molecule is Cc1cn(CC(=O)Nc2cc(C(=O)O)cs2)c2ccccc12. The smallest absolute Gasteiger partial charge is 0.336 e. The molecule has 2 aromatic heterocycles. The predicted molar refractivity (Wildman–Crippen MR) is 86.6 cm³/mol. The van der Waals surface area contributed by atoms with Gasteiger partial charge in [0.2, 0.25) is 5.91 Å². The summed E-state index contributed by atoms with van der Waals surface area (Å²) in [5.41, 5.74) is 2.31. The van der Waals surface area contributed by atoms with Crippen molar-refractivity contribution in [3.8, 4) is 0 Å². The molecule has 2 N–H and O–H groups in total. The van der Waals surface area contributed by atoms with Gasteiger partial charge in [0.25, 0.3) is 0 Å². The minimum atomic E-state index is -0.997. The van der Waals surface area contributed by atoms with E-state index in [4.69, 9.17) is 5.11 Å². The number of rotatable bonds is 4. The fraction of sp³-hybridized carbons (Fsp3) is 0.125. The van der Waals surface area contributed by atoms with Crippen molar-refractivity contribution in [2.24, 2.45) is 0 Å². The Labute approximate surface area is 130 Å². The number of aromatic nitrogens is 1. The fourth-order valence-electron chi connectivity index (χ4n) is 2.41. The number of carboxylic acid groups (broad SMARTS) is 1. The lowest BCUT2D eigenvalue weighted by Crippen LogP contribution is -2.17. The van der Waals surface area contributed by atoms with E-state index in [1.807, 2.05) is 42.0 Å².